The highest BCUT2D eigenvalue weighted by Crippen LogP contribution is 2.71. The van der Waals surface area contributed by atoms with Crippen LogP contribution in [0.5, 0.6) is 0 Å². The van der Waals surface area contributed by atoms with E-state index in [1.165, 1.54) is 25.1 Å². The third kappa shape index (κ3) is 4.63. The SMILES string of the molecule is CC(=O)OC1=CC(O)=C2C[C@@H]3[C@@H]4CCC[C@@H]5OC1(NC(=O)C(=Cc1ccccc1)C(F)(F)F)C2[C@@]54CC[N+]3(C)CC(C)C. The van der Waals surface area contributed by atoms with Gasteiger partial charge in [-0.05, 0) is 30.1 Å². The molecule has 2 heterocycles. The topological polar surface area (TPSA) is 84.9 Å². The zero-order valence-corrected chi connectivity index (χ0v) is 25.0. The molecule has 0 aromatic heterocycles. The summed E-state index contributed by atoms with van der Waals surface area (Å²) in [6.45, 7) is 7.40. The summed E-state index contributed by atoms with van der Waals surface area (Å²) < 4.78 is 56.5. The van der Waals surface area contributed by atoms with E-state index >= 15 is 0 Å². The van der Waals surface area contributed by atoms with Crippen molar-refractivity contribution >= 4 is 18.0 Å². The number of likely N-dealkylation sites (tertiary alicyclic amines) is 1. The van der Waals surface area contributed by atoms with Crippen molar-refractivity contribution in [1.29, 1.82) is 0 Å². The van der Waals surface area contributed by atoms with Crippen molar-refractivity contribution in [2.75, 3.05) is 20.1 Å². The van der Waals surface area contributed by atoms with Crippen molar-refractivity contribution in [3.63, 3.8) is 0 Å². The number of alkyl halides is 3. The molecule has 1 aromatic rings. The Bertz CT molecular complexity index is 1420. The van der Waals surface area contributed by atoms with Gasteiger partial charge in [0.15, 0.2) is 5.76 Å². The van der Waals surface area contributed by atoms with Gasteiger partial charge >= 0.3 is 12.1 Å². The molecule has 232 valence electrons. The molecule has 0 radical (unpaired) electrons. The lowest BCUT2D eigenvalue weighted by molar-refractivity contribution is -0.949. The average Bonchev–Trinajstić information content (AvgIpc) is 3.20. The molecule has 2 saturated heterocycles. The number of carbonyl (C=O) groups is 2. The molecular weight excluding hydrogens is 561 g/mol. The summed E-state index contributed by atoms with van der Waals surface area (Å²) in [5.74, 6) is -2.38. The first-order valence-corrected chi connectivity index (χ1v) is 15.2. The summed E-state index contributed by atoms with van der Waals surface area (Å²) in [6.07, 6.45) is 0.438. The Morgan fingerprint density at radius 1 is 1.23 bits per heavy atom. The molecule has 3 unspecified atom stereocenters. The molecule has 10 heteroatoms. The number of hydrogen-bond acceptors (Lipinski definition) is 5. The summed E-state index contributed by atoms with van der Waals surface area (Å²) >= 11 is 0. The van der Waals surface area contributed by atoms with Gasteiger partial charge in [-0.15, -0.1) is 0 Å². The molecule has 2 aliphatic heterocycles. The minimum Gasteiger partial charge on any atom is -0.508 e. The summed E-state index contributed by atoms with van der Waals surface area (Å²) in [4.78, 5) is 26.1. The number of piperidine rings is 1. The monoisotopic (exact) mass is 601 g/mol. The number of esters is 1. The van der Waals surface area contributed by atoms with Gasteiger partial charge in [0, 0.05) is 49.0 Å². The smallest absolute Gasteiger partial charge is 0.421 e. The minimum atomic E-state index is -4.97. The average molecular weight is 602 g/mol. The van der Waals surface area contributed by atoms with Crippen LogP contribution in [0.3, 0.4) is 0 Å². The Morgan fingerprint density at radius 2 is 1.95 bits per heavy atom. The van der Waals surface area contributed by atoms with Crippen molar-refractivity contribution in [2.24, 2.45) is 23.2 Å². The number of benzene rings is 1. The number of allylic oxidation sites excluding steroid dienone is 1. The highest BCUT2D eigenvalue weighted by atomic mass is 19.4. The summed E-state index contributed by atoms with van der Waals surface area (Å²) in [6, 6.07) is 8.03. The van der Waals surface area contributed by atoms with E-state index in [1.807, 2.05) is 0 Å². The molecular formula is C33H40F3N2O5+. The second-order valence-electron chi connectivity index (χ2n) is 13.7. The second-order valence-corrected chi connectivity index (χ2v) is 13.7. The number of amides is 1. The highest BCUT2D eigenvalue weighted by molar-refractivity contribution is 6.00. The van der Waals surface area contributed by atoms with Crippen LogP contribution < -0.4 is 5.32 Å². The molecule has 2 bridgehead atoms. The van der Waals surface area contributed by atoms with E-state index in [4.69, 9.17) is 9.47 Å². The fraction of sp³-hybridized carbons (Fsp3) is 0.576. The quantitative estimate of drug-likeness (QED) is 0.245. The second kappa shape index (κ2) is 10.2. The Kier molecular flexibility index (Phi) is 7.12. The Morgan fingerprint density at radius 3 is 2.60 bits per heavy atom. The molecule has 3 aliphatic carbocycles. The van der Waals surface area contributed by atoms with E-state index in [1.54, 1.807) is 18.2 Å². The van der Waals surface area contributed by atoms with Crippen LogP contribution in [0.25, 0.3) is 6.08 Å². The predicted octanol–water partition coefficient (Wildman–Crippen LogP) is 5.80. The van der Waals surface area contributed by atoms with E-state index in [2.05, 4.69) is 26.2 Å². The number of hydrogen-bond donors (Lipinski definition) is 2. The predicted molar refractivity (Wildman–Crippen MR) is 153 cm³/mol. The third-order valence-corrected chi connectivity index (χ3v) is 10.6. The molecule has 7 nitrogen and oxygen atoms in total. The molecule has 43 heavy (non-hydrogen) atoms. The number of carbonyl (C=O) groups excluding carboxylic acids is 2. The fourth-order valence-corrected chi connectivity index (χ4v) is 9.39. The molecule has 1 amide bonds. The van der Waals surface area contributed by atoms with Crippen LogP contribution in [-0.4, -0.2) is 65.7 Å². The van der Waals surface area contributed by atoms with Gasteiger partial charge in [-0.1, -0.05) is 50.6 Å². The Labute approximate surface area is 250 Å². The molecule has 5 aliphatic rings. The Balaban J connectivity index is 1.50. The summed E-state index contributed by atoms with van der Waals surface area (Å²) in [5.41, 5.74) is -2.91. The number of nitrogens with one attached hydrogen (secondary N) is 1. The number of ether oxygens (including phenoxy) is 2. The highest BCUT2D eigenvalue weighted by Gasteiger charge is 2.77. The van der Waals surface area contributed by atoms with E-state index in [-0.39, 0.29) is 35.1 Å². The van der Waals surface area contributed by atoms with Gasteiger partial charge in [-0.3, -0.25) is 9.59 Å². The standard InChI is InChI=1S/C33H39F3N2O5/c1-19(2)18-38(4)14-13-31-23-11-8-12-27(31)43-32(28(42-20(3)39)17-26(40)22(29(31)32)16-25(23)38)37-30(41)24(33(34,35)36)15-21-9-6-5-7-10-21/h5-7,9-10,15,17,19,23,25,27,29H,8,11-14,16,18H2,1-4H3,(H-,37,40,41)/p+1/t23-,25+,27-,29?,31+,32?,38?/m0/s1. The van der Waals surface area contributed by atoms with Crippen LogP contribution >= 0.6 is 0 Å². The van der Waals surface area contributed by atoms with Gasteiger partial charge in [0.25, 0.3) is 5.91 Å². The van der Waals surface area contributed by atoms with Crippen LogP contribution in [0, 0.1) is 23.2 Å². The van der Waals surface area contributed by atoms with Crippen LogP contribution in [0.4, 0.5) is 13.2 Å². The van der Waals surface area contributed by atoms with Crippen LogP contribution in [0.1, 0.15) is 58.4 Å². The van der Waals surface area contributed by atoms with E-state index in [0.29, 0.717) is 24.3 Å². The Hall–Kier alpha value is -3.11. The lowest BCUT2D eigenvalue weighted by Crippen LogP contribution is -2.72. The number of aliphatic hydroxyl groups is 1. The van der Waals surface area contributed by atoms with Gasteiger partial charge in [-0.2, -0.15) is 13.2 Å². The molecule has 1 spiro atoms. The van der Waals surface area contributed by atoms with Gasteiger partial charge in [0.1, 0.15) is 11.3 Å². The van der Waals surface area contributed by atoms with E-state index in [9.17, 15) is 27.9 Å². The van der Waals surface area contributed by atoms with Gasteiger partial charge in [0.2, 0.25) is 5.72 Å². The molecule has 4 fully saturated rings. The molecule has 2 N–H and O–H groups in total. The maximum atomic E-state index is 14.4. The lowest BCUT2D eigenvalue weighted by atomic mass is 9.46. The first kappa shape index (κ1) is 29.9. The number of nitrogens with zero attached hydrogens (tertiary/aromatic N) is 1. The molecule has 7 atom stereocenters. The third-order valence-electron chi connectivity index (χ3n) is 10.6. The van der Waals surface area contributed by atoms with Crippen molar-refractivity contribution in [3.05, 3.63) is 64.6 Å². The van der Waals surface area contributed by atoms with Crippen molar-refractivity contribution in [2.45, 2.75) is 76.9 Å². The van der Waals surface area contributed by atoms with Crippen molar-refractivity contribution < 1.29 is 41.8 Å². The maximum absolute atomic E-state index is 14.4. The van der Waals surface area contributed by atoms with Gasteiger partial charge in [-0.25, -0.2) is 0 Å². The van der Waals surface area contributed by atoms with Gasteiger partial charge in [0.05, 0.1) is 32.3 Å². The van der Waals surface area contributed by atoms with E-state index in [0.717, 1.165) is 42.9 Å². The number of rotatable bonds is 6. The largest absolute Gasteiger partial charge is 0.508 e. The van der Waals surface area contributed by atoms with Crippen LogP contribution in [0.2, 0.25) is 0 Å². The van der Waals surface area contributed by atoms with Crippen LogP contribution in [0.15, 0.2) is 59.1 Å². The maximum Gasteiger partial charge on any atom is 0.421 e. The fourth-order valence-electron chi connectivity index (χ4n) is 9.39. The van der Waals surface area contributed by atoms with E-state index < -0.39 is 40.7 Å². The molecule has 2 saturated carbocycles. The zero-order valence-electron chi connectivity index (χ0n) is 25.0. The number of quaternary nitrogens is 1. The molecule has 1 aromatic carbocycles. The first-order chi connectivity index (χ1) is 20.2. The van der Waals surface area contributed by atoms with Crippen molar-refractivity contribution in [3.8, 4) is 0 Å². The minimum absolute atomic E-state index is 0.0577. The first-order valence-electron chi connectivity index (χ1n) is 15.2. The number of aliphatic hydroxyl groups excluding tert-OH is 1. The van der Waals surface area contributed by atoms with Crippen LogP contribution in [-0.2, 0) is 19.1 Å². The summed E-state index contributed by atoms with van der Waals surface area (Å²) in [7, 11) is 2.27. The van der Waals surface area contributed by atoms with Gasteiger partial charge < -0.3 is 24.4 Å². The lowest BCUT2D eigenvalue weighted by Gasteiger charge is -2.64. The normalized spacial score (nSPS) is 36.7. The molecule has 6 rings (SSSR count). The summed E-state index contributed by atoms with van der Waals surface area (Å²) in [5, 5.41) is 14.1. The van der Waals surface area contributed by atoms with Crippen molar-refractivity contribution in [1.82, 2.24) is 5.32 Å². The number of halogens is 3. The zero-order chi connectivity index (χ0) is 30.9.